The van der Waals surface area contributed by atoms with Crippen molar-refractivity contribution in [3.8, 4) is 6.01 Å². The number of carbonyl (C=O) groups excluding carboxylic acids is 1. The van der Waals surface area contributed by atoms with Gasteiger partial charge in [-0.1, -0.05) is 12.1 Å². The molecule has 4 rings (SSSR count). The zero-order valence-corrected chi connectivity index (χ0v) is 13.4. The van der Waals surface area contributed by atoms with Crippen LogP contribution in [0, 0.1) is 5.82 Å². The van der Waals surface area contributed by atoms with E-state index in [9.17, 15) is 9.18 Å². The number of nitrogens with zero attached hydrogens (tertiary/aromatic N) is 4. The molecule has 3 aromatic rings. The second-order valence-electron chi connectivity index (χ2n) is 5.45. The molecule has 0 unspecified atom stereocenters. The molecule has 1 aliphatic heterocycles. The van der Waals surface area contributed by atoms with Crippen molar-refractivity contribution in [3.05, 3.63) is 47.5 Å². The van der Waals surface area contributed by atoms with Crippen LogP contribution in [0.4, 0.5) is 4.39 Å². The molecule has 0 spiro atoms. The van der Waals surface area contributed by atoms with Crippen molar-refractivity contribution in [2.24, 2.45) is 0 Å². The van der Waals surface area contributed by atoms with Gasteiger partial charge in [-0.05, 0) is 12.1 Å². The zero-order chi connectivity index (χ0) is 16.5. The molecule has 1 aromatic carbocycles. The van der Waals surface area contributed by atoms with Gasteiger partial charge in [0.2, 0.25) is 0 Å². The van der Waals surface area contributed by atoms with E-state index >= 15 is 0 Å². The van der Waals surface area contributed by atoms with Crippen molar-refractivity contribution in [1.29, 1.82) is 0 Å². The van der Waals surface area contributed by atoms with E-state index in [1.807, 2.05) is 24.3 Å². The Hall–Kier alpha value is -2.61. The Kier molecular flexibility index (Phi) is 3.81. The van der Waals surface area contributed by atoms with E-state index in [-0.39, 0.29) is 18.0 Å². The van der Waals surface area contributed by atoms with Gasteiger partial charge in [-0.25, -0.2) is 19.3 Å². The van der Waals surface area contributed by atoms with Crippen LogP contribution in [0.15, 0.2) is 36.7 Å². The summed E-state index contributed by atoms with van der Waals surface area (Å²) >= 11 is 1.39. The van der Waals surface area contributed by atoms with Gasteiger partial charge in [0.25, 0.3) is 5.91 Å². The first-order chi connectivity index (χ1) is 11.7. The van der Waals surface area contributed by atoms with Gasteiger partial charge < -0.3 is 9.64 Å². The molecule has 122 valence electrons. The summed E-state index contributed by atoms with van der Waals surface area (Å²) < 4.78 is 19.4. The summed E-state index contributed by atoms with van der Waals surface area (Å²) in [6.07, 6.45) is 2.59. The number of carbonyl (C=O) groups is 1. The number of rotatable bonds is 3. The number of likely N-dealkylation sites (tertiary alicyclic amines) is 1. The average molecular weight is 344 g/mol. The van der Waals surface area contributed by atoms with Crippen molar-refractivity contribution in [2.45, 2.75) is 12.5 Å². The van der Waals surface area contributed by atoms with Crippen molar-refractivity contribution in [3.63, 3.8) is 0 Å². The second kappa shape index (κ2) is 6.12. The van der Waals surface area contributed by atoms with Gasteiger partial charge in [-0.3, -0.25) is 4.79 Å². The smallest absolute Gasteiger partial charge is 0.316 e. The van der Waals surface area contributed by atoms with Gasteiger partial charge in [0.1, 0.15) is 6.10 Å². The monoisotopic (exact) mass is 344 g/mol. The van der Waals surface area contributed by atoms with Crippen LogP contribution in [0.1, 0.15) is 16.2 Å². The number of hydrogen-bond donors (Lipinski definition) is 0. The summed E-state index contributed by atoms with van der Waals surface area (Å²) in [6.45, 7) is 1.02. The molecule has 1 saturated heterocycles. The third kappa shape index (κ3) is 2.92. The number of benzene rings is 1. The minimum absolute atomic E-state index is 0.0951. The Labute approximate surface area is 140 Å². The van der Waals surface area contributed by atoms with E-state index in [1.165, 1.54) is 11.3 Å². The molecule has 1 aliphatic rings. The quantitative estimate of drug-likeness (QED) is 0.730. The van der Waals surface area contributed by atoms with Crippen LogP contribution in [-0.4, -0.2) is 45.0 Å². The molecule has 1 atom stereocenters. The maximum atomic E-state index is 12.8. The largest absolute Gasteiger partial charge is 0.458 e. The molecule has 1 fully saturated rings. The Morgan fingerprint density at radius 1 is 1.29 bits per heavy atom. The van der Waals surface area contributed by atoms with E-state index in [4.69, 9.17) is 4.74 Å². The first-order valence-corrected chi connectivity index (χ1v) is 8.30. The number of amides is 1. The van der Waals surface area contributed by atoms with Gasteiger partial charge in [0.05, 0.1) is 29.2 Å². The van der Waals surface area contributed by atoms with Crippen LogP contribution in [0.3, 0.4) is 0 Å². The minimum atomic E-state index is -0.513. The maximum Gasteiger partial charge on any atom is 0.316 e. The predicted octanol–water partition coefficient (Wildman–Crippen LogP) is 2.52. The van der Waals surface area contributed by atoms with Crippen molar-refractivity contribution in [1.82, 2.24) is 19.9 Å². The molecule has 2 aromatic heterocycles. The Balaban J connectivity index is 1.44. The fourth-order valence-corrected chi connectivity index (χ4v) is 3.55. The van der Waals surface area contributed by atoms with Crippen molar-refractivity contribution < 1.29 is 13.9 Å². The lowest BCUT2D eigenvalue weighted by Gasteiger charge is -2.15. The van der Waals surface area contributed by atoms with E-state index in [0.29, 0.717) is 24.5 Å². The lowest BCUT2D eigenvalue weighted by Crippen LogP contribution is -2.31. The number of thiazole rings is 1. The Morgan fingerprint density at radius 3 is 2.88 bits per heavy atom. The fourth-order valence-electron chi connectivity index (χ4n) is 2.62. The van der Waals surface area contributed by atoms with E-state index in [0.717, 1.165) is 22.6 Å². The van der Waals surface area contributed by atoms with Gasteiger partial charge in [0, 0.05) is 13.0 Å². The van der Waals surface area contributed by atoms with Gasteiger partial charge in [-0.15, -0.1) is 11.3 Å². The van der Waals surface area contributed by atoms with E-state index in [2.05, 4.69) is 15.0 Å². The predicted molar refractivity (Wildman–Crippen MR) is 86.5 cm³/mol. The number of hydrogen-bond acceptors (Lipinski definition) is 6. The molecule has 0 saturated carbocycles. The second-order valence-corrected chi connectivity index (χ2v) is 6.48. The van der Waals surface area contributed by atoms with Crippen molar-refractivity contribution in [2.75, 3.05) is 13.1 Å². The molecular formula is C16H13FN4O2S. The first-order valence-electron chi connectivity index (χ1n) is 7.48. The Morgan fingerprint density at radius 2 is 2.08 bits per heavy atom. The van der Waals surface area contributed by atoms with Crippen LogP contribution in [0.25, 0.3) is 10.2 Å². The molecule has 1 amide bonds. The summed E-state index contributed by atoms with van der Waals surface area (Å²) in [5.41, 5.74) is 0.831. The summed E-state index contributed by atoms with van der Waals surface area (Å²) in [4.78, 5) is 26.3. The summed E-state index contributed by atoms with van der Waals surface area (Å²) in [5, 5.41) is 0.481. The third-order valence-corrected chi connectivity index (χ3v) is 4.80. The van der Waals surface area contributed by atoms with E-state index < -0.39 is 5.82 Å². The summed E-state index contributed by atoms with van der Waals surface area (Å²) in [6, 6.07) is 7.79. The summed E-state index contributed by atoms with van der Waals surface area (Å²) in [7, 11) is 0. The molecule has 3 heterocycles. The van der Waals surface area contributed by atoms with Crippen molar-refractivity contribution >= 4 is 27.5 Å². The van der Waals surface area contributed by atoms with E-state index in [1.54, 1.807) is 4.90 Å². The highest BCUT2D eigenvalue weighted by Crippen LogP contribution is 2.24. The van der Waals surface area contributed by atoms with Crippen LogP contribution in [0.5, 0.6) is 6.01 Å². The first kappa shape index (κ1) is 14.9. The number of para-hydroxylation sites is 1. The number of halogens is 1. The number of ether oxygens (including phenoxy) is 1. The topological polar surface area (TPSA) is 68.2 Å². The fraction of sp³-hybridized carbons (Fsp3) is 0.250. The van der Waals surface area contributed by atoms with Gasteiger partial charge in [-0.2, -0.15) is 0 Å². The SMILES string of the molecule is O=C(c1nc2ccccc2s1)N1CC[C@H](Oc2ncc(F)cn2)C1. The summed E-state index contributed by atoms with van der Waals surface area (Å²) in [5.74, 6) is -0.608. The molecule has 0 N–H and O–H groups in total. The molecule has 24 heavy (non-hydrogen) atoms. The molecular weight excluding hydrogens is 331 g/mol. The zero-order valence-electron chi connectivity index (χ0n) is 12.6. The lowest BCUT2D eigenvalue weighted by atomic mass is 10.3. The highest BCUT2D eigenvalue weighted by atomic mass is 32.1. The molecule has 8 heteroatoms. The van der Waals surface area contributed by atoms with Gasteiger partial charge in [0.15, 0.2) is 10.8 Å². The normalized spacial score (nSPS) is 17.4. The lowest BCUT2D eigenvalue weighted by molar-refractivity contribution is 0.0769. The minimum Gasteiger partial charge on any atom is -0.458 e. The molecule has 6 nitrogen and oxygen atoms in total. The maximum absolute atomic E-state index is 12.8. The van der Waals surface area contributed by atoms with Crippen LogP contribution in [-0.2, 0) is 0 Å². The molecule has 0 aliphatic carbocycles. The van der Waals surface area contributed by atoms with Crippen LogP contribution < -0.4 is 4.74 Å². The average Bonchev–Trinajstić information content (AvgIpc) is 3.23. The number of fused-ring (bicyclic) bond motifs is 1. The molecule has 0 radical (unpaired) electrons. The third-order valence-electron chi connectivity index (χ3n) is 3.78. The van der Waals surface area contributed by atoms with Crippen LogP contribution >= 0.6 is 11.3 Å². The van der Waals surface area contributed by atoms with Gasteiger partial charge >= 0.3 is 6.01 Å². The Bertz CT molecular complexity index is 850. The highest BCUT2D eigenvalue weighted by molar-refractivity contribution is 7.20. The highest BCUT2D eigenvalue weighted by Gasteiger charge is 2.30. The standard InChI is InChI=1S/C16H13FN4O2S/c17-10-7-18-16(19-8-10)23-11-5-6-21(9-11)15(22)14-20-12-3-1-2-4-13(12)24-14/h1-4,7-8,11H,5-6,9H2/t11-/m0/s1. The number of aromatic nitrogens is 3. The molecule has 0 bridgehead atoms. The van der Waals surface area contributed by atoms with Crippen LogP contribution in [0.2, 0.25) is 0 Å².